The fourth-order valence-electron chi connectivity index (χ4n) is 2.15. The Morgan fingerprint density at radius 3 is 2.58 bits per heavy atom. The maximum atomic E-state index is 12.4. The number of carbonyl (C=O) groups is 1. The first-order chi connectivity index (χ1) is 11.2. The van der Waals surface area contributed by atoms with Crippen molar-refractivity contribution >= 4 is 17.5 Å². The van der Waals surface area contributed by atoms with E-state index in [9.17, 15) is 18.0 Å². The van der Waals surface area contributed by atoms with E-state index in [0.717, 1.165) is 28.3 Å². The Balaban J connectivity index is 1.75. The van der Waals surface area contributed by atoms with Gasteiger partial charge in [0.25, 0.3) is 0 Å². The first kappa shape index (κ1) is 18.3. The zero-order valence-corrected chi connectivity index (χ0v) is 13.9. The van der Waals surface area contributed by atoms with Gasteiger partial charge in [0.05, 0.1) is 16.4 Å². The van der Waals surface area contributed by atoms with Crippen molar-refractivity contribution in [3.05, 3.63) is 34.4 Å². The summed E-state index contributed by atoms with van der Waals surface area (Å²) in [6, 6.07) is 0.833. The maximum absolute atomic E-state index is 12.4. The van der Waals surface area contributed by atoms with Crippen LogP contribution in [0.1, 0.15) is 23.5 Å². The van der Waals surface area contributed by atoms with Crippen LogP contribution in [0.3, 0.4) is 0 Å². The highest BCUT2D eigenvalue weighted by atomic mass is 35.5. The average Bonchev–Trinajstić information content (AvgIpc) is 3.05. The Hall–Kier alpha value is -2.03. The molecule has 0 aliphatic heterocycles. The summed E-state index contributed by atoms with van der Waals surface area (Å²) in [6.07, 6.45) is -2.76. The van der Waals surface area contributed by atoms with Gasteiger partial charge in [-0.3, -0.25) is 14.2 Å². The minimum Gasteiger partial charge on any atom is -0.354 e. The number of carbonyl (C=O) groups excluding carboxylic acids is 1. The number of halogens is 4. The Morgan fingerprint density at radius 1 is 1.33 bits per heavy atom. The van der Waals surface area contributed by atoms with Gasteiger partial charge in [0.2, 0.25) is 5.91 Å². The highest BCUT2D eigenvalue weighted by Crippen LogP contribution is 2.27. The molecule has 2 rings (SSSR count). The lowest BCUT2D eigenvalue weighted by molar-refractivity contribution is -0.141. The Bertz CT molecular complexity index is 723. The van der Waals surface area contributed by atoms with E-state index in [0.29, 0.717) is 24.5 Å². The summed E-state index contributed by atoms with van der Waals surface area (Å²) in [7, 11) is 0. The molecule has 24 heavy (non-hydrogen) atoms. The molecular weight excluding hydrogens is 347 g/mol. The summed E-state index contributed by atoms with van der Waals surface area (Å²) >= 11 is 6.04. The second kappa shape index (κ2) is 7.25. The second-order valence-corrected chi connectivity index (χ2v) is 5.69. The van der Waals surface area contributed by atoms with Gasteiger partial charge in [0, 0.05) is 19.3 Å². The van der Waals surface area contributed by atoms with Crippen LogP contribution in [-0.4, -0.2) is 32.0 Å². The smallest absolute Gasteiger partial charge is 0.354 e. The van der Waals surface area contributed by atoms with Crippen LogP contribution in [0, 0.1) is 13.8 Å². The SMILES string of the molecule is Cc1nn(CCCNC(=O)Cn2ccc(C(F)(F)F)n2)c(C)c1Cl. The number of nitrogens with one attached hydrogen (secondary N) is 1. The summed E-state index contributed by atoms with van der Waals surface area (Å²) in [5, 5.41) is 10.9. The molecule has 0 aliphatic rings. The van der Waals surface area contributed by atoms with Crippen molar-refractivity contribution in [1.82, 2.24) is 24.9 Å². The molecule has 10 heteroatoms. The summed E-state index contributed by atoms with van der Waals surface area (Å²) in [5.74, 6) is -0.404. The number of amides is 1. The van der Waals surface area contributed by atoms with Crippen LogP contribution in [0.25, 0.3) is 0 Å². The lowest BCUT2D eigenvalue weighted by Gasteiger charge is -2.07. The molecule has 0 fully saturated rings. The number of alkyl halides is 3. The van der Waals surface area contributed by atoms with E-state index in [1.165, 1.54) is 0 Å². The molecule has 0 unspecified atom stereocenters. The van der Waals surface area contributed by atoms with E-state index in [1.54, 1.807) is 4.68 Å². The largest absolute Gasteiger partial charge is 0.435 e. The minimum absolute atomic E-state index is 0.262. The van der Waals surface area contributed by atoms with Crippen molar-refractivity contribution in [3.8, 4) is 0 Å². The Morgan fingerprint density at radius 2 is 2.04 bits per heavy atom. The van der Waals surface area contributed by atoms with E-state index in [2.05, 4.69) is 15.5 Å². The van der Waals surface area contributed by atoms with Crippen LogP contribution in [0.2, 0.25) is 5.02 Å². The summed E-state index contributed by atoms with van der Waals surface area (Å²) in [4.78, 5) is 11.7. The molecule has 132 valence electrons. The zero-order valence-electron chi connectivity index (χ0n) is 13.2. The van der Waals surface area contributed by atoms with Crippen molar-refractivity contribution in [1.29, 1.82) is 0 Å². The molecule has 0 spiro atoms. The molecule has 0 aliphatic carbocycles. The van der Waals surface area contributed by atoms with Gasteiger partial charge in [-0.1, -0.05) is 11.6 Å². The minimum atomic E-state index is -4.51. The van der Waals surface area contributed by atoms with Crippen LogP contribution >= 0.6 is 11.6 Å². The first-order valence-electron chi connectivity index (χ1n) is 7.25. The Labute approximate surface area is 141 Å². The number of hydrogen-bond donors (Lipinski definition) is 1. The maximum Gasteiger partial charge on any atom is 0.435 e. The topological polar surface area (TPSA) is 64.7 Å². The predicted molar refractivity (Wildman–Crippen MR) is 81.6 cm³/mol. The molecule has 0 bridgehead atoms. The molecule has 0 saturated heterocycles. The number of nitrogens with zero attached hydrogens (tertiary/aromatic N) is 4. The van der Waals surface area contributed by atoms with Crippen molar-refractivity contribution in [3.63, 3.8) is 0 Å². The fraction of sp³-hybridized carbons (Fsp3) is 0.500. The van der Waals surface area contributed by atoms with Crippen molar-refractivity contribution in [2.75, 3.05) is 6.54 Å². The van der Waals surface area contributed by atoms with Gasteiger partial charge in [0.15, 0.2) is 5.69 Å². The lowest BCUT2D eigenvalue weighted by atomic mass is 10.3. The fourth-order valence-corrected chi connectivity index (χ4v) is 2.29. The molecule has 0 aromatic carbocycles. The first-order valence-corrected chi connectivity index (χ1v) is 7.63. The number of aryl methyl sites for hydroxylation is 2. The van der Waals surface area contributed by atoms with E-state index in [4.69, 9.17) is 11.6 Å². The van der Waals surface area contributed by atoms with Crippen LogP contribution in [-0.2, 0) is 24.1 Å². The molecule has 0 radical (unpaired) electrons. The average molecular weight is 364 g/mol. The summed E-state index contributed by atoms with van der Waals surface area (Å²) in [6.45, 7) is 4.37. The van der Waals surface area contributed by atoms with Crippen molar-refractivity contribution < 1.29 is 18.0 Å². The Kier molecular flexibility index (Phi) is 5.53. The monoisotopic (exact) mass is 363 g/mol. The van der Waals surface area contributed by atoms with Crippen LogP contribution < -0.4 is 5.32 Å². The third kappa shape index (κ3) is 4.50. The molecule has 2 aromatic rings. The van der Waals surface area contributed by atoms with Gasteiger partial charge >= 0.3 is 6.18 Å². The van der Waals surface area contributed by atoms with Crippen LogP contribution in [0.15, 0.2) is 12.3 Å². The number of rotatable bonds is 6. The van der Waals surface area contributed by atoms with Crippen LogP contribution in [0.4, 0.5) is 13.2 Å². The molecular formula is C14H17ClF3N5O. The molecule has 0 atom stereocenters. The van der Waals surface area contributed by atoms with Crippen molar-refractivity contribution in [2.24, 2.45) is 0 Å². The van der Waals surface area contributed by atoms with Gasteiger partial charge in [0.1, 0.15) is 6.54 Å². The lowest BCUT2D eigenvalue weighted by Crippen LogP contribution is -2.29. The van der Waals surface area contributed by atoms with Crippen molar-refractivity contribution in [2.45, 2.75) is 39.5 Å². The van der Waals surface area contributed by atoms with E-state index in [1.807, 2.05) is 13.8 Å². The normalized spacial score (nSPS) is 11.8. The molecule has 0 saturated carbocycles. The highest BCUT2D eigenvalue weighted by molar-refractivity contribution is 6.31. The predicted octanol–water partition coefficient (Wildman–Crippen LogP) is 2.58. The second-order valence-electron chi connectivity index (χ2n) is 5.31. The van der Waals surface area contributed by atoms with Crippen LogP contribution in [0.5, 0.6) is 0 Å². The van der Waals surface area contributed by atoms with Gasteiger partial charge in [-0.2, -0.15) is 23.4 Å². The molecule has 1 N–H and O–H groups in total. The highest BCUT2D eigenvalue weighted by Gasteiger charge is 2.33. The van der Waals surface area contributed by atoms with E-state index >= 15 is 0 Å². The standard InChI is InChI=1S/C14H17ClF3N5O/c1-9-13(15)10(2)23(20-9)6-3-5-19-12(24)8-22-7-4-11(21-22)14(16,17)18/h4,7H,3,5-6,8H2,1-2H3,(H,19,24). The van der Waals surface area contributed by atoms with Gasteiger partial charge < -0.3 is 5.32 Å². The molecule has 1 amide bonds. The van der Waals surface area contributed by atoms with Gasteiger partial charge in [-0.15, -0.1) is 0 Å². The third-order valence-electron chi connectivity index (χ3n) is 3.40. The number of aromatic nitrogens is 4. The summed E-state index contributed by atoms with van der Waals surface area (Å²) in [5.41, 5.74) is 0.589. The molecule has 6 nitrogen and oxygen atoms in total. The molecule has 2 heterocycles. The van der Waals surface area contributed by atoms with Gasteiger partial charge in [-0.05, 0) is 26.3 Å². The number of hydrogen-bond acceptors (Lipinski definition) is 3. The summed E-state index contributed by atoms with van der Waals surface area (Å²) < 4.78 is 40.0. The van der Waals surface area contributed by atoms with Gasteiger partial charge in [-0.25, -0.2) is 0 Å². The zero-order chi connectivity index (χ0) is 17.9. The van der Waals surface area contributed by atoms with E-state index in [-0.39, 0.29) is 6.54 Å². The quantitative estimate of drug-likeness (QED) is 0.802. The molecule has 2 aromatic heterocycles. The van der Waals surface area contributed by atoms with E-state index < -0.39 is 17.8 Å². The third-order valence-corrected chi connectivity index (χ3v) is 3.95.